The van der Waals surface area contributed by atoms with E-state index in [1.54, 1.807) is 14.1 Å². The van der Waals surface area contributed by atoms with Crippen LogP contribution in [0, 0.1) is 6.92 Å². The van der Waals surface area contributed by atoms with Crippen molar-refractivity contribution < 1.29 is 4.79 Å². The second-order valence-corrected chi connectivity index (χ2v) is 7.76. The molecule has 0 N–H and O–H groups in total. The Hall–Kier alpha value is -2.51. The van der Waals surface area contributed by atoms with Gasteiger partial charge in [-0.15, -0.1) is 11.3 Å². The Morgan fingerprint density at radius 1 is 1.23 bits per heavy atom. The van der Waals surface area contributed by atoms with E-state index >= 15 is 0 Å². The Kier molecular flexibility index (Phi) is 3.93. The summed E-state index contributed by atoms with van der Waals surface area (Å²) in [6.45, 7) is 1.93. The summed E-state index contributed by atoms with van der Waals surface area (Å²) in [7, 11) is 5.34. The van der Waals surface area contributed by atoms with Gasteiger partial charge in [-0.2, -0.15) is 0 Å². The van der Waals surface area contributed by atoms with Gasteiger partial charge in [-0.25, -0.2) is 15.0 Å². The molecule has 0 aliphatic rings. The summed E-state index contributed by atoms with van der Waals surface area (Å²) < 4.78 is 1.94. The van der Waals surface area contributed by atoms with Crippen molar-refractivity contribution in [3.05, 3.63) is 39.3 Å². The van der Waals surface area contributed by atoms with E-state index in [9.17, 15) is 4.79 Å². The number of fused-ring (bicyclic) bond motifs is 3. The monoisotopic (exact) mass is 385 g/mol. The first kappa shape index (κ1) is 16.9. The smallest absolute Gasteiger partial charge is 0.272 e. The molecule has 0 saturated heterocycles. The summed E-state index contributed by atoms with van der Waals surface area (Å²) in [6.07, 6.45) is 0. The molecule has 3 heterocycles. The Morgan fingerprint density at radius 2 is 2.00 bits per heavy atom. The quantitative estimate of drug-likeness (QED) is 0.524. The largest absolute Gasteiger partial charge is 0.343 e. The fraction of sp³-hybridized carbons (Fsp3) is 0.222. The molecule has 0 atom stereocenters. The molecule has 132 valence electrons. The van der Waals surface area contributed by atoms with Crippen LogP contribution in [-0.2, 0) is 7.05 Å². The molecule has 8 heteroatoms. The average Bonchev–Trinajstić information content (AvgIpc) is 3.16. The molecule has 0 aliphatic heterocycles. The number of amides is 1. The molecule has 1 amide bonds. The molecule has 0 saturated carbocycles. The summed E-state index contributed by atoms with van der Waals surface area (Å²) in [5.41, 5.74) is 2.63. The number of hydrogen-bond donors (Lipinski definition) is 0. The Balaban J connectivity index is 2.14. The fourth-order valence-corrected chi connectivity index (χ4v) is 3.75. The summed E-state index contributed by atoms with van der Waals surface area (Å²) in [6, 6.07) is 5.59. The number of halogens is 1. The molecular weight excluding hydrogens is 370 g/mol. The third kappa shape index (κ3) is 2.55. The second kappa shape index (κ2) is 6.03. The van der Waals surface area contributed by atoms with Gasteiger partial charge in [-0.3, -0.25) is 4.79 Å². The summed E-state index contributed by atoms with van der Waals surface area (Å²) in [4.78, 5) is 28.1. The summed E-state index contributed by atoms with van der Waals surface area (Å²) in [5, 5.41) is 5.09. The third-order valence-electron chi connectivity index (χ3n) is 4.25. The van der Waals surface area contributed by atoms with Crippen LogP contribution in [0.5, 0.6) is 0 Å². The number of aromatic nitrogens is 4. The van der Waals surface area contributed by atoms with Crippen molar-refractivity contribution in [2.75, 3.05) is 14.1 Å². The van der Waals surface area contributed by atoms with E-state index in [0.29, 0.717) is 27.9 Å². The van der Waals surface area contributed by atoms with Crippen LogP contribution in [0.3, 0.4) is 0 Å². The molecular formula is C18H16ClN5OS. The van der Waals surface area contributed by atoms with Gasteiger partial charge in [-0.05, 0) is 19.1 Å². The van der Waals surface area contributed by atoms with Crippen molar-refractivity contribution >= 4 is 50.8 Å². The molecule has 0 fully saturated rings. The van der Waals surface area contributed by atoms with Gasteiger partial charge in [0.25, 0.3) is 5.91 Å². The van der Waals surface area contributed by atoms with Crippen molar-refractivity contribution in [3.63, 3.8) is 0 Å². The lowest BCUT2D eigenvalue weighted by Crippen LogP contribution is -2.23. The van der Waals surface area contributed by atoms with Crippen molar-refractivity contribution in [1.29, 1.82) is 0 Å². The molecule has 6 nitrogen and oxygen atoms in total. The van der Waals surface area contributed by atoms with Gasteiger partial charge in [0.15, 0.2) is 5.82 Å². The zero-order valence-corrected chi connectivity index (χ0v) is 16.3. The molecule has 0 bridgehead atoms. The van der Waals surface area contributed by atoms with Crippen molar-refractivity contribution in [2.24, 2.45) is 7.05 Å². The molecule has 0 aliphatic carbocycles. The maximum atomic E-state index is 12.8. The minimum Gasteiger partial charge on any atom is -0.343 e. The van der Waals surface area contributed by atoms with Gasteiger partial charge in [0.2, 0.25) is 0 Å². The SMILES string of the molecule is Cc1nc(-c2nc(C(=O)N(C)C)c3c4ccc(Cl)cc4n(C)c3n2)cs1. The van der Waals surface area contributed by atoms with Crippen LogP contribution in [0.4, 0.5) is 0 Å². The highest BCUT2D eigenvalue weighted by atomic mass is 35.5. The van der Waals surface area contributed by atoms with Crippen LogP contribution >= 0.6 is 22.9 Å². The fourth-order valence-electron chi connectivity index (χ4n) is 2.99. The molecule has 0 radical (unpaired) electrons. The van der Waals surface area contributed by atoms with Crippen LogP contribution in [0.1, 0.15) is 15.5 Å². The number of carbonyl (C=O) groups excluding carboxylic acids is 1. The van der Waals surface area contributed by atoms with E-state index in [1.165, 1.54) is 16.2 Å². The minimum absolute atomic E-state index is 0.173. The van der Waals surface area contributed by atoms with Gasteiger partial charge in [0, 0.05) is 36.9 Å². The predicted molar refractivity (Wildman–Crippen MR) is 105 cm³/mol. The van der Waals surface area contributed by atoms with Crippen LogP contribution in [0.25, 0.3) is 33.5 Å². The zero-order valence-electron chi connectivity index (χ0n) is 14.7. The van der Waals surface area contributed by atoms with E-state index in [4.69, 9.17) is 16.6 Å². The molecule has 0 spiro atoms. The van der Waals surface area contributed by atoms with Gasteiger partial charge >= 0.3 is 0 Å². The first-order valence-corrected chi connectivity index (χ1v) is 9.22. The summed E-state index contributed by atoms with van der Waals surface area (Å²) >= 11 is 7.69. The Labute approximate surface area is 159 Å². The molecule has 1 aromatic carbocycles. The van der Waals surface area contributed by atoms with Crippen molar-refractivity contribution in [2.45, 2.75) is 6.92 Å². The van der Waals surface area contributed by atoms with Crippen LogP contribution in [-0.4, -0.2) is 44.4 Å². The Morgan fingerprint density at radius 3 is 2.65 bits per heavy atom. The van der Waals surface area contributed by atoms with Crippen LogP contribution < -0.4 is 0 Å². The number of benzene rings is 1. The van der Waals surface area contributed by atoms with Gasteiger partial charge in [0.05, 0.1) is 15.9 Å². The van der Waals surface area contributed by atoms with E-state index in [-0.39, 0.29) is 5.91 Å². The van der Waals surface area contributed by atoms with Crippen molar-refractivity contribution in [1.82, 2.24) is 24.4 Å². The van der Waals surface area contributed by atoms with Gasteiger partial charge in [0.1, 0.15) is 17.0 Å². The third-order valence-corrected chi connectivity index (χ3v) is 5.26. The molecule has 0 unspecified atom stereocenters. The average molecular weight is 386 g/mol. The highest BCUT2D eigenvalue weighted by molar-refractivity contribution is 7.09. The first-order valence-electron chi connectivity index (χ1n) is 7.96. The topological polar surface area (TPSA) is 63.9 Å². The number of nitrogens with zero attached hydrogens (tertiary/aromatic N) is 5. The number of carbonyl (C=O) groups is 1. The lowest BCUT2D eigenvalue weighted by atomic mass is 10.1. The van der Waals surface area contributed by atoms with Gasteiger partial charge in [-0.1, -0.05) is 17.7 Å². The van der Waals surface area contributed by atoms with Crippen molar-refractivity contribution in [3.8, 4) is 11.5 Å². The number of aryl methyl sites for hydroxylation is 2. The predicted octanol–water partition coefficient (Wildman–Crippen LogP) is 3.91. The Bertz CT molecular complexity index is 1180. The summed E-state index contributed by atoms with van der Waals surface area (Å²) in [5.74, 6) is 0.275. The highest BCUT2D eigenvalue weighted by Crippen LogP contribution is 2.33. The lowest BCUT2D eigenvalue weighted by Gasteiger charge is -2.11. The van der Waals surface area contributed by atoms with E-state index in [0.717, 1.165) is 21.3 Å². The number of rotatable bonds is 2. The van der Waals surface area contributed by atoms with E-state index in [2.05, 4.69) is 9.97 Å². The molecule has 3 aromatic heterocycles. The number of hydrogen-bond acceptors (Lipinski definition) is 5. The van der Waals surface area contributed by atoms with Gasteiger partial charge < -0.3 is 9.47 Å². The maximum absolute atomic E-state index is 12.8. The second-order valence-electron chi connectivity index (χ2n) is 6.27. The van der Waals surface area contributed by atoms with E-state index in [1.807, 2.05) is 42.1 Å². The molecule has 4 aromatic rings. The molecule has 26 heavy (non-hydrogen) atoms. The standard InChI is InChI=1S/C18H16ClN5OS/c1-9-20-12(8-26-9)16-21-15(18(25)23(2)3)14-11-6-5-10(19)7-13(11)24(4)17(14)22-16/h5-8H,1-4H3. The van der Waals surface area contributed by atoms with Crippen LogP contribution in [0.2, 0.25) is 5.02 Å². The zero-order chi connectivity index (χ0) is 18.6. The maximum Gasteiger partial charge on any atom is 0.272 e. The minimum atomic E-state index is -0.173. The normalized spacial score (nSPS) is 11.4. The first-order chi connectivity index (χ1) is 12.4. The number of thiazole rings is 1. The molecule has 4 rings (SSSR count). The van der Waals surface area contributed by atoms with Crippen LogP contribution in [0.15, 0.2) is 23.6 Å². The highest BCUT2D eigenvalue weighted by Gasteiger charge is 2.23. The lowest BCUT2D eigenvalue weighted by molar-refractivity contribution is 0.0824. The van der Waals surface area contributed by atoms with E-state index < -0.39 is 0 Å².